The lowest BCUT2D eigenvalue weighted by Crippen LogP contribution is -2.53. The summed E-state index contributed by atoms with van der Waals surface area (Å²) in [5, 5.41) is 12.1. The number of carboxylic acids is 1. The maximum absolute atomic E-state index is 12.6. The van der Waals surface area contributed by atoms with Gasteiger partial charge in [0.1, 0.15) is 0 Å². The first-order valence-corrected chi connectivity index (χ1v) is 9.65. The van der Waals surface area contributed by atoms with E-state index in [0.717, 1.165) is 0 Å². The van der Waals surface area contributed by atoms with Crippen molar-refractivity contribution < 1.29 is 33.8 Å². The first-order chi connectivity index (χ1) is 13.4. The Morgan fingerprint density at radius 3 is 2.31 bits per heavy atom. The van der Waals surface area contributed by atoms with Gasteiger partial charge in [-0.25, -0.2) is 4.79 Å². The van der Waals surface area contributed by atoms with Crippen LogP contribution in [0, 0.1) is 11.3 Å². The summed E-state index contributed by atoms with van der Waals surface area (Å²) in [6.07, 6.45) is 2.63. The summed E-state index contributed by atoms with van der Waals surface area (Å²) in [4.78, 5) is 48.4. The van der Waals surface area contributed by atoms with Gasteiger partial charge in [-0.1, -0.05) is 19.9 Å². The topological polar surface area (TPSA) is 119 Å². The van der Waals surface area contributed by atoms with Gasteiger partial charge in [-0.3, -0.25) is 14.4 Å². The van der Waals surface area contributed by atoms with Crippen LogP contribution in [0.25, 0.3) is 0 Å². The molecule has 0 aromatic rings. The van der Waals surface area contributed by atoms with Crippen molar-refractivity contribution >= 4 is 23.7 Å². The van der Waals surface area contributed by atoms with Crippen molar-refractivity contribution in [3.8, 4) is 0 Å². The minimum Gasteiger partial charge on any atom is -0.481 e. The van der Waals surface area contributed by atoms with Gasteiger partial charge in [0.15, 0.2) is 5.78 Å². The second-order valence-corrected chi connectivity index (χ2v) is 7.89. The Morgan fingerprint density at radius 1 is 1.21 bits per heavy atom. The van der Waals surface area contributed by atoms with Crippen LogP contribution in [0.4, 0.5) is 0 Å². The number of nitrogens with one attached hydrogen (secondary N) is 1. The number of carbonyl (C=O) groups excluding carboxylic acids is 3. The van der Waals surface area contributed by atoms with Crippen molar-refractivity contribution in [2.24, 2.45) is 11.3 Å². The fourth-order valence-corrected chi connectivity index (χ4v) is 3.26. The molecule has 29 heavy (non-hydrogen) atoms. The summed E-state index contributed by atoms with van der Waals surface area (Å²) in [6.45, 7) is 10.3. The van der Waals surface area contributed by atoms with Crippen molar-refractivity contribution in [2.45, 2.75) is 59.9 Å². The highest BCUT2D eigenvalue weighted by molar-refractivity contribution is 5.97. The smallest absolute Gasteiger partial charge is 0.335 e. The summed E-state index contributed by atoms with van der Waals surface area (Å²) < 4.78 is 10.2. The van der Waals surface area contributed by atoms with Gasteiger partial charge in [0.05, 0.1) is 36.7 Å². The number of aliphatic carboxylic acids is 1. The number of carboxylic acid groups (broad SMARTS) is 1. The second-order valence-electron chi connectivity index (χ2n) is 7.89. The molecule has 1 heterocycles. The first-order valence-electron chi connectivity index (χ1n) is 9.65. The van der Waals surface area contributed by atoms with Crippen LogP contribution in [0.3, 0.4) is 0 Å². The summed E-state index contributed by atoms with van der Waals surface area (Å²) in [6, 6.07) is 0. The van der Waals surface area contributed by atoms with E-state index in [4.69, 9.17) is 14.6 Å². The minimum atomic E-state index is -1.09. The summed E-state index contributed by atoms with van der Waals surface area (Å²) in [7, 11) is 0. The zero-order chi connectivity index (χ0) is 22.4. The third-order valence-corrected chi connectivity index (χ3v) is 4.98. The van der Waals surface area contributed by atoms with E-state index < -0.39 is 34.8 Å². The van der Waals surface area contributed by atoms with E-state index in [0.29, 0.717) is 11.3 Å². The molecule has 1 rings (SSSR count). The largest absolute Gasteiger partial charge is 0.481 e. The molecule has 2 atom stereocenters. The Morgan fingerprint density at radius 2 is 1.79 bits per heavy atom. The normalized spacial score (nSPS) is 22.2. The molecule has 0 amide bonds. The van der Waals surface area contributed by atoms with Crippen LogP contribution in [0.15, 0.2) is 23.4 Å². The minimum absolute atomic E-state index is 0.101. The van der Waals surface area contributed by atoms with E-state index >= 15 is 0 Å². The van der Waals surface area contributed by atoms with Gasteiger partial charge in [0, 0.05) is 11.1 Å². The second kappa shape index (κ2) is 9.71. The Kier molecular flexibility index (Phi) is 8.17. The third kappa shape index (κ3) is 6.17. The molecule has 1 aliphatic heterocycles. The van der Waals surface area contributed by atoms with Crippen LogP contribution in [-0.4, -0.2) is 47.6 Å². The number of ketones is 1. The van der Waals surface area contributed by atoms with Crippen LogP contribution >= 0.6 is 0 Å². The quantitative estimate of drug-likeness (QED) is 0.440. The van der Waals surface area contributed by atoms with Crippen molar-refractivity contribution in [1.82, 2.24) is 5.32 Å². The van der Waals surface area contributed by atoms with E-state index in [1.807, 2.05) is 0 Å². The number of hydrogen-bond donors (Lipinski definition) is 2. The molecular formula is C21H31NO7. The number of carbonyl (C=O) groups is 4. The van der Waals surface area contributed by atoms with Gasteiger partial charge in [0.2, 0.25) is 0 Å². The van der Waals surface area contributed by atoms with Gasteiger partial charge in [-0.15, -0.1) is 0 Å². The molecule has 0 spiro atoms. The van der Waals surface area contributed by atoms with Gasteiger partial charge < -0.3 is 19.9 Å². The molecule has 162 valence electrons. The average Bonchev–Trinajstić information content (AvgIpc) is 2.58. The number of hydrogen-bond acceptors (Lipinski definition) is 7. The van der Waals surface area contributed by atoms with Crippen LogP contribution in [0.5, 0.6) is 0 Å². The monoisotopic (exact) mass is 409 g/mol. The number of esters is 2. The predicted octanol–water partition coefficient (Wildman–Crippen LogP) is 2.38. The molecule has 0 bridgehead atoms. The SMILES string of the molecule is CCOC(=O)C1=C(C)NC(C)(C=CC(=O)C(C)(C)CC(=O)O)C(C(=O)OCC)C1. The van der Waals surface area contributed by atoms with Crippen molar-refractivity contribution in [1.29, 1.82) is 0 Å². The zero-order valence-corrected chi connectivity index (χ0v) is 18.0. The zero-order valence-electron chi connectivity index (χ0n) is 18.0. The van der Waals surface area contributed by atoms with E-state index in [1.165, 1.54) is 6.08 Å². The third-order valence-electron chi connectivity index (χ3n) is 4.98. The summed E-state index contributed by atoms with van der Waals surface area (Å²) >= 11 is 0. The molecule has 0 fully saturated rings. The lowest BCUT2D eigenvalue weighted by atomic mass is 9.76. The van der Waals surface area contributed by atoms with Crippen LogP contribution < -0.4 is 5.32 Å². The highest BCUT2D eigenvalue weighted by atomic mass is 16.5. The number of ether oxygens (including phenoxy) is 2. The average molecular weight is 409 g/mol. The lowest BCUT2D eigenvalue weighted by Gasteiger charge is -2.40. The molecule has 0 aromatic heterocycles. The Balaban J connectivity index is 3.25. The van der Waals surface area contributed by atoms with E-state index in [2.05, 4.69) is 5.32 Å². The predicted molar refractivity (Wildman–Crippen MR) is 106 cm³/mol. The van der Waals surface area contributed by atoms with Gasteiger partial charge in [-0.2, -0.15) is 0 Å². The Labute approximate surface area is 171 Å². The van der Waals surface area contributed by atoms with Crippen LogP contribution in [-0.2, 0) is 28.7 Å². The molecule has 2 N–H and O–H groups in total. The van der Waals surface area contributed by atoms with Crippen LogP contribution in [0.2, 0.25) is 0 Å². The van der Waals surface area contributed by atoms with Crippen LogP contribution in [0.1, 0.15) is 54.4 Å². The highest BCUT2D eigenvalue weighted by Gasteiger charge is 2.44. The highest BCUT2D eigenvalue weighted by Crippen LogP contribution is 2.35. The van der Waals surface area contributed by atoms with Crippen molar-refractivity contribution in [2.75, 3.05) is 13.2 Å². The molecule has 0 aromatic carbocycles. The maximum Gasteiger partial charge on any atom is 0.335 e. The molecule has 8 nitrogen and oxygen atoms in total. The molecule has 2 unspecified atom stereocenters. The first kappa shape index (κ1) is 24.4. The Bertz CT molecular complexity index is 735. The lowest BCUT2D eigenvalue weighted by molar-refractivity contribution is -0.150. The summed E-state index contributed by atoms with van der Waals surface area (Å²) in [5.41, 5.74) is -1.18. The molecule has 0 saturated carbocycles. The van der Waals surface area contributed by atoms with E-state index in [1.54, 1.807) is 47.6 Å². The van der Waals surface area contributed by atoms with E-state index in [9.17, 15) is 19.2 Å². The molecule has 0 radical (unpaired) electrons. The molecule has 1 aliphatic rings. The fourth-order valence-electron chi connectivity index (χ4n) is 3.26. The molecular weight excluding hydrogens is 378 g/mol. The van der Waals surface area contributed by atoms with Crippen molar-refractivity contribution in [3.63, 3.8) is 0 Å². The summed E-state index contributed by atoms with van der Waals surface area (Å²) in [5.74, 6) is -3.21. The number of allylic oxidation sites excluding steroid dienone is 2. The molecule has 0 saturated heterocycles. The van der Waals surface area contributed by atoms with Gasteiger partial charge in [-0.05, 0) is 40.2 Å². The Hall–Kier alpha value is -2.64. The van der Waals surface area contributed by atoms with E-state index in [-0.39, 0.29) is 31.8 Å². The standard InChI is InChI=1S/C21H31NO7/c1-7-28-18(26)14-11-15(19(27)29-8-2)21(6,22-13(14)3)10-9-16(23)20(4,5)12-17(24)25/h9-10,15,22H,7-8,11-12H2,1-6H3,(H,24,25). The molecule has 8 heteroatoms. The molecule has 0 aliphatic carbocycles. The maximum atomic E-state index is 12.6. The van der Waals surface area contributed by atoms with Gasteiger partial charge >= 0.3 is 17.9 Å². The fraction of sp³-hybridized carbons (Fsp3) is 0.619. The number of rotatable bonds is 9. The van der Waals surface area contributed by atoms with Crippen molar-refractivity contribution in [3.05, 3.63) is 23.4 Å². The van der Waals surface area contributed by atoms with Gasteiger partial charge in [0.25, 0.3) is 0 Å².